The summed E-state index contributed by atoms with van der Waals surface area (Å²) in [6.07, 6.45) is 0.158. The van der Waals surface area contributed by atoms with Gasteiger partial charge >= 0.3 is 0 Å². The van der Waals surface area contributed by atoms with Crippen LogP contribution < -0.4 is 4.74 Å². The van der Waals surface area contributed by atoms with Gasteiger partial charge in [0.15, 0.2) is 11.6 Å². The first-order valence-electron chi connectivity index (χ1n) is 5.37. The molecule has 0 fully saturated rings. The molecule has 1 rings (SSSR count). The number of hydrogen-bond donors (Lipinski definition) is 1. The fraction of sp³-hybridized carbons (Fsp3) is 0.417. The molecule has 0 aliphatic carbocycles. The summed E-state index contributed by atoms with van der Waals surface area (Å²) in [6, 6.07) is 6.05. The number of amides is 1. The van der Waals surface area contributed by atoms with Crippen LogP contribution in [0, 0.1) is 5.82 Å². The SMILES string of the molecule is CN(CCO)C(=O)CCOc1ccccc1F. The van der Waals surface area contributed by atoms with E-state index in [1.807, 2.05) is 0 Å². The topological polar surface area (TPSA) is 49.8 Å². The molecule has 1 N–H and O–H groups in total. The standard InChI is InChI=1S/C12H16FNO3/c1-14(7-8-15)12(16)6-9-17-11-5-3-2-4-10(11)13/h2-5,15H,6-9H2,1H3. The van der Waals surface area contributed by atoms with E-state index < -0.39 is 5.82 Å². The second-order valence-electron chi connectivity index (χ2n) is 3.57. The van der Waals surface area contributed by atoms with E-state index in [2.05, 4.69) is 0 Å². The van der Waals surface area contributed by atoms with Gasteiger partial charge in [-0.15, -0.1) is 0 Å². The minimum absolute atomic E-state index is 0.0730. The maximum absolute atomic E-state index is 13.1. The average Bonchev–Trinajstić information content (AvgIpc) is 2.31. The molecule has 0 bridgehead atoms. The van der Waals surface area contributed by atoms with Crippen LogP contribution in [-0.4, -0.2) is 42.7 Å². The van der Waals surface area contributed by atoms with E-state index in [0.29, 0.717) is 6.54 Å². The van der Waals surface area contributed by atoms with Crippen molar-refractivity contribution in [2.45, 2.75) is 6.42 Å². The lowest BCUT2D eigenvalue weighted by Gasteiger charge is -2.15. The lowest BCUT2D eigenvalue weighted by atomic mass is 10.3. The van der Waals surface area contributed by atoms with E-state index in [4.69, 9.17) is 9.84 Å². The molecule has 0 aliphatic heterocycles. The third-order valence-corrected chi connectivity index (χ3v) is 2.27. The van der Waals surface area contributed by atoms with Gasteiger partial charge in [0.1, 0.15) is 0 Å². The molecule has 0 saturated heterocycles. The average molecular weight is 241 g/mol. The molecule has 1 aromatic carbocycles. The summed E-state index contributed by atoms with van der Waals surface area (Å²) in [5.41, 5.74) is 0. The first kappa shape index (κ1) is 13.4. The fourth-order valence-corrected chi connectivity index (χ4v) is 1.28. The van der Waals surface area contributed by atoms with Gasteiger partial charge in [0.25, 0.3) is 0 Å². The first-order valence-corrected chi connectivity index (χ1v) is 5.37. The summed E-state index contributed by atoms with van der Waals surface area (Å²) in [5, 5.41) is 8.65. The van der Waals surface area contributed by atoms with Crippen molar-refractivity contribution in [2.75, 3.05) is 26.8 Å². The summed E-state index contributed by atoms with van der Waals surface area (Å²) in [7, 11) is 1.60. The molecule has 0 unspecified atom stereocenters. The molecule has 0 aliphatic rings. The molecule has 0 aromatic heterocycles. The van der Waals surface area contributed by atoms with Crippen molar-refractivity contribution in [2.24, 2.45) is 0 Å². The number of aliphatic hydroxyl groups excluding tert-OH is 1. The van der Waals surface area contributed by atoms with Crippen LogP contribution in [0.25, 0.3) is 0 Å². The molecular weight excluding hydrogens is 225 g/mol. The van der Waals surface area contributed by atoms with Crippen LogP contribution in [0.4, 0.5) is 4.39 Å². The van der Waals surface area contributed by atoms with Crippen LogP contribution in [0.1, 0.15) is 6.42 Å². The Balaban J connectivity index is 2.33. The van der Waals surface area contributed by atoms with Crippen molar-refractivity contribution in [3.8, 4) is 5.75 Å². The van der Waals surface area contributed by atoms with E-state index >= 15 is 0 Å². The summed E-state index contributed by atoms with van der Waals surface area (Å²) < 4.78 is 18.3. The van der Waals surface area contributed by atoms with Crippen molar-refractivity contribution in [3.63, 3.8) is 0 Å². The molecule has 0 atom stereocenters. The second-order valence-corrected chi connectivity index (χ2v) is 3.57. The minimum Gasteiger partial charge on any atom is -0.490 e. The molecule has 17 heavy (non-hydrogen) atoms. The van der Waals surface area contributed by atoms with E-state index in [1.165, 1.54) is 17.0 Å². The first-order chi connectivity index (χ1) is 8.15. The third kappa shape index (κ3) is 4.40. The molecule has 0 heterocycles. The zero-order chi connectivity index (χ0) is 12.7. The Hall–Kier alpha value is -1.62. The van der Waals surface area contributed by atoms with Gasteiger partial charge in [0.05, 0.1) is 19.6 Å². The molecule has 0 radical (unpaired) electrons. The van der Waals surface area contributed by atoms with Crippen LogP contribution >= 0.6 is 0 Å². The Morgan fingerprint density at radius 1 is 1.47 bits per heavy atom. The molecule has 4 nitrogen and oxygen atoms in total. The number of ether oxygens (including phenoxy) is 1. The highest BCUT2D eigenvalue weighted by Crippen LogP contribution is 2.15. The number of para-hydroxylation sites is 1. The number of nitrogens with zero attached hydrogens (tertiary/aromatic N) is 1. The van der Waals surface area contributed by atoms with Crippen LogP contribution in [0.3, 0.4) is 0 Å². The third-order valence-electron chi connectivity index (χ3n) is 2.27. The Kier molecular flexibility index (Phi) is 5.42. The highest BCUT2D eigenvalue weighted by Gasteiger charge is 2.08. The van der Waals surface area contributed by atoms with E-state index in [0.717, 1.165) is 0 Å². The maximum Gasteiger partial charge on any atom is 0.225 e. The van der Waals surface area contributed by atoms with Crippen LogP contribution in [0.2, 0.25) is 0 Å². The Morgan fingerprint density at radius 3 is 2.82 bits per heavy atom. The predicted molar refractivity (Wildman–Crippen MR) is 61.2 cm³/mol. The fourth-order valence-electron chi connectivity index (χ4n) is 1.28. The van der Waals surface area contributed by atoms with Crippen LogP contribution in [0.15, 0.2) is 24.3 Å². The van der Waals surface area contributed by atoms with Gasteiger partial charge in [-0.1, -0.05) is 12.1 Å². The predicted octanol–water partition coefficient (Wildman–Crippen LogP) is 1.05. The highest BCUT2D eigenvalue weighted by atomic mass is 19.1. The number of carbonyl (C=O) groups is 1. The van der Waals surface area contributed by atoms with Crippen molar-refractivity contribution in [1.82, 2.24) is 4.90 Å². The van der Waals surface area contributed by atoms with Crippen LogP contribution in [0.5, 0.6) is 5.75 Å². The molecule has 5 heteroatoms. The smallest absolute Gasteiger partial charge is 0.225 e. The highest BCUT2D eigenvalue weighted by molar-refractivity contribution is 5.75. The van der Waals surface area contributed by atoms with Crippen molar-refractivity contribution >= 4 is 5.91 Å². The maximum atomic E-state index is 13.1. The summed E-state index contributed by atoms with van der Waals surface area (Å²) >= 11 is 0. The number of carbonyl (C=O) groups excluding carboxylic acids is 1. The van der Waals surface area contributed by atoms with Gasteiger partial charge < -0.3 is 14.7 Å². The molecular formula is C12H16FNO3. The van der Waals surface area contributed by atoms with Gasteiger partial charge in [-0.25, -0.2) is 4.39 Å². The largest absolute Gasteiger partial charge is 0.490 e. The number of hydrogen-bond acceptors (Lipinski definition) is 3. The van der Waals surface area contributed by atoms with Gasteiger partial charge in [-0.05, 0) is 12.1 Å². The van der Waals surface area contributed by atoms with E-state index in [1.54, 1.807) is 19.2 Å². The zero-order valence-electron chi connectivity index (χ0n) is 9.73. The lowest BCUT2D eigenvalue weighted by Crippen LogP contribution is -2.30. The summed E-state index contributed by atoms with van der Waals surface area (Å²) in [5.74, 6) is -0.441. The van der Waals surface area contributed by atoms with E-state index in [-0.39, 0.29) is 31.3 Å². The van der Waals surface area contributed by atoms with E-state index in [9.17, 15) is 9.18 Å². The van der Waals surface area contributed by atoms with Crippen LogP contribution in [-0.2, 0) is 4.79 Å². The van der Waals surface area contributed by atoms with Gasteiger partial charge in [-0.3, -0.25) is 4.79 Å². The number of likely N-dealkylation sites (N-methyl/N-ethyl adjacent to an activating group) is 1. The normalized spacial score (nSPS) is 10.1. The van der Waals surface area contributed by atoms with Gasteiger partial charge in [0.2, 0.25) is 5.91 Å². The summed E-state index contributed by atoms with van der Waals surface area (Å²) in [4.78, 5) is 12.9. The molecule has 1 amide bonds. The van der Waals surface area contributed by atoms with Gasteiger partial charge in [0, 0.05) is 13.6 Å². The molecule has 94 valence electrons. The summed E-state index contributed by atoms with van der Waals surface area (Å²) in [6.45, 7) is 0.338. The number of benzene rings is 1. The monoisotopic (exact) mass is 241 g/mol. The Morgan fingerprint density at radius 2 is 2.18 bits per heavy atom. The zero-order valence-corrected chi connectivity index (χ0v) is 9.73. The van der Waals surface area contributed by atoms with Gasteiger partial charge in [-0.2, -0.15) is 0 Å². The van der Waals surface area contributed by atoms with Crippen molar-refractivity contribution in [1.29, 1.82) is 0 Å². The minimum atomic E-state index is -0.441. The lowest BCUT2D eigenvalue weighted by molar-refractivity contribution is -0.130. The quantitative estimate of drug-likeness (QED) is 0.809. The molecule has 0 saturated carbocycles. The number of halogens is 1. The number of rotatable bonds is 6. The second kappa shape index (κ2) is 6.85. The number of aliphatic hydroxyl groups is 1. The Bertz CT molecular complexity index is 371. The van der Waals surface area contributed by atoms with Crippen molar-refractivity contribution < 1.29 is 19.0 Å². The molecule has 0 spiro atoms. The Labute approximate surface area is 99.6 Å². The molecule has 1 aromatic rings. The van der Waals surface area contributed by atoms with Crippen molar-refractivity contribution in [3.05, 3.63) is 30.1 Å².